The number of ether oxygens (including phenoxy) is 1. The number of aromatic nitrogens is 1. The van der Waals surface area contributed by atoms with Gasteiger partial charge in [-0.25, -0.2) is 13.8 Å². The third-order valence-corrected chi connectivity index (χ3v) is 4.48. The molecule has 0 aliphatic rings. The second-order valence-corrected chi connectivity index (χ2v) is 7.04. The van der Waals surface area contributed by atoms with Crippen LogP contribution in [0.25, 0.3) is 10.9 Å². The molecule has 1 aromatic heterocycles. The Kier molecular flexibility index (Phi) is 7.75. The number of rotatable bonds is 9. The molecule has 0 saturated heterocycles. The summed E-state index contributed by atoms with van der Waals surface area (Å²) in [7, 11) is 0. The van der Waals surface area contributed by atoms with Crippen LogP contribution in [-0.4, -0.2) is 42.6 Å². The summed E-state index contributed by atoms with van der Waals surface area (Å²) in [6.07, 6.45) is -5.37. The molecule has 0 saturated carbocycles. The normalized spacial score (nSPS) is 13.4. The number of nitrogens with two attached hydrogens (primary N) is 1. The van der Waals surface area contributed by atoms with Crippen molar-refractivity contribution in [3.05, 3.63) is 29.5 Å². The summed E-state index contributed by atoms with van der Waals surface area (Å²) in [6.45, 7) is -1.24. The predicted molar refractivity (Wildman–Crippen MR) is 103 cm³/mol. The van der Waals surface area contributed by atoms with E-state index in [1.807, 2.05) is 0 Å². The first kappa shape index (κ1) is 25.4. The third-order valence-electron chi connectivity index (χ3n) is 4.48. The highest BCUT2D eigenvalue weighted by atomic mass is 19.4. The molecule has 0 fully saturated rings. The Hall–Kier alpha value is -2.83. The number of nitrogens with zero attached hydrogens (tertiary/aromatic N) is 1. The molecular formula is C19H21F7N4O2. The molecule has 1 aromatic carbocycles. The van der Waals surface area contributed by atoms with Gasteiger partial charge in [-0.2, -0.15) is 22.0 Å². The highest BCUT2D eigenvalue weighted by Crippen LogP contribution is 2.39. The lowest BCUT2D eigenvalue weighted by molar-refractivity contribution is -0.136. The number of hydrogen-bond donors (Lipinski definition) is 3. The summed E-state index contributed by atoms with van der Waals surface area (Å²) in [5.41, 5.74) is 2.83. The molecule has 178 valence electrons. The van der Waals surface area contributed by atoms with E-state index in [2.05, 4.69) is 20.4 Å². The van der Waals surface area contributed by atoms with Crippen LogP contribution in [0.3, 0.4) is 0 Å². The van der Waals surface area contributed by atoms with E-state index in [9.17, 15) is 35.5 Å². The summed E-state index contributed by atoms with van der Waals surface area (Å²) < 4.78 is 96.0. The predicted octanol–water partition coefficient (Wildman–Crippen LogP) is 4.19. The van der Waals surface area contributed by atoms with Gasteiger partial charge in [0.25, 0.3) is 11.8 Å². The summed E-state index contributed by atoms with van der Waals surface area (Å²) >= 11 is 0. The quantitative estimate of drug-likeness (QED) is 0.479. The Balaban J connectivity index is 2.28. The van der Waals surface area contributed by atoms with Gasteiger partial charge in [0.1, 0.15) is 11.4 Å². The van der Waals surface area contributed by atoms with Crippen LogP contribution in [0.15, 0.2) is 18.2 Å². The molecular weight excluding hydrogens is 449 g/mol. The monoisotopic (exact) mass is 470 g/mol. The highest BCUT2D eigenvalue weighted by Gasteiger charge is 2.35. The number of carbonyl (C=O) groups excluding carboxylic acids is 1. The zero-order chi connectivity index (χ0) is 24.3. The van der Waals surface area contributed by atoms with Crippen LogP contribution >= 0.6 is 0 Å². The second-order valence-electron chi connectivity index (χ2n) is 7.04. The van der Waals surface area contributed by atoms with Crippen LogP contribution in [0.4, 0.5) is 36.4 Å². The fraction of sp³-hybridized carbons (Fsp3) is 0.474. The van der Waals surface area contributed by atoms with Gasteiger partial charge in [0.15, 0.2) is 0 Å². The van der Waals surface area contributed by atoms with Crippen molar-refractivity contribution in [3.8, 4) is 5.75 Å². The Morgan fingerprint density at radius 2 is 1.84 bits per heavy atom. The highest BCUT2D eigenvalue weighted by molar-refractivity contribution is 6.00. The van der Waals surface area contributed by atoms with E-state index >= 15 is 0 Å². The molecule has 1 amide bonds. The lowest BCUT2D eigenvalue weighted by Crippen LogP contribution is -2.43. The Labute approximate surface area is 178 Å². The molecule has 0 unspecified atom stereocenters. The van der Waals surface area contributed by atoms with Crippen LogP contribution in [-0.2, 0) is 6.18 Å². The summed E-state index contributed by atoms with van der Waals surface area (Å²) in [5, 5.41) is 4.58. The van der Waals surface area contributed by atoms with Gasteiger partial charge in [0, 0.05) is 30.1 Å². The number of hydrogen-bond acceptors (Lipinski definition) is 5. The van der Waals surface area contributed by atoms with Gasteiger partial charge in [-0.05, 0) is 25.1 Å². The Morgan fingerprint density at radius 3 is 2.41 bits per heavy atom. The molecule has 0 aliphatic carbocycles. The van der Waals surface area contributed by atoms with E-state index in [1.165, 1.54) is 13.8 Å². The molecule has 0 spiro atoms. The standard InChI is InChI=1S/C19H21F7N4O2/c1-3-18(22,23)8-29-9(2)7-28-16(31)14-6-13(27)11-4-10(32-17(20)21)5-12(15(11)30-14)19(24,25)26/h4-6,9,17,29H,3,7-8H2,1-2H3,(H2,27,30)(H,28,31)/t9-/m1/s1. The molecule has 32 heavy (non-hydrogen) atoms. The Morgan fingerprint density at radius 1 is 1.19 bits per heavy atom. The fourth-order valence-corrected chi connectivity index (χ4v) is 2.69. The third kappa shape index (κ3) is 6.58. The van der Waals surface area contributed by atoms with Crippen molar-refractivity contribution in [2.45, 2.75) is 45.0 Å². The first-order valence-corrected chi connectivity index (χ1v) is 9.39. The van der Waals surface area contributed by atoms with Crippen molar-refractivity contribution >= 4 is 22.5 Å². The summed E-state index contributed by atoms with van der Waals surface area (Å²) in [4.78, 5) is 16.1. The summed E-state index contributed by atoms with van der Waals surface area (Å²) in [5.74, 6) is -4.59. The van der Waals surface area contributed by atoms with Gasteiger partial charge in [-0.15, -0.1) is 0 Å². The van der Waals surface area contributed by atoms with Gasteiger partial charge in [-0.1, -0.05) is 6.92 Å². The smallest absolute Gasteiger partial charge is 0.418 e. The second kappa shape index (κ2) is 9.76. The lowest BCUT2D eigenvalue weighted by Gasteiger charge is -2.19. The molecule has 2 aromatic rings. The molecule has 13 heteroatoms. The van der Waals surface area contributed by atoms with E-state index < -0.39 is 59.7 Å². The zero-order valence-electron chi connectivity index (χ0n) is 17.0. The van der Waals surface area contributed by atoms with Crippen molar-refractivity contribution in [3.63, 3.8) is 0 Å². The minimum absolute atomic E-state index is 0.120. The Bertz CT molecular complexity index is 967. The average molecular weight is 470 g/mol. The maximum atomic E-state index is 13.5. The first-order chi connectivity index (χ1) is 14.7. The van der Waals surface area contributed by atoms with Crippen LogP contribution in [0.1, 0.15) is 36.3 Å². The van der Waals surface area contributed by atoms with Crippen molar-refractivity contribution < 1.29 is 40.3 Å². The van der Waals surface area contributed by atoms with Gasteiger partial charge >= 0.3 is 12.8 Å². The SMILES string of the molecule is CCC(F)(F)CN[C@H](C)CNC(=O)c1cc(N)c2cc(OC(F)F)cc(C(F)(F)F)c2n1. The van der Waals surface area contributed by atoms with Crippen molar-refractivity contribution in [2.75, 3.05) is 18.8 Å². The molecule has 1 atom stereocenters. The topological polar surface area (TPSA) is 89.3 Å². The molecule has 0 radical (unpaired) electrons. The largest absolute Gasteiger partial charge is 0.435 e. The summed E-state index contributed by atoms with van der Waals surface area (Å²) in [6, 6.07) is 1.60. The fourth-order valence-electron chi connectivity index (χ4n) is 2.69. The minimum Gasteiger partial charge on any atom is -0.435 e. The number of nitrogen functional groups attached to an aromatic ring is 1. The average Bonchev–Trinajstić information content (AvgIpc) is 2.69. The van der Waals surface area contributed by atoms with Gasteiger partial charge in [0.2, 0.25) is 0 Å². The number of nitrogens with one attached hydrogen (secondary N) is 2. The van der Waals surface area contributed by atoms with Gasteiger partial charge < -0.3 is 21.1 Å². The molecule has 0 aliphatic heterocycles. The number of benzene rings is 1. The van der Waals surface area contributed by atoms with Crippen molar-refractivity contribution in [2.24, 2.45) is 0 Å². The molecule has 6 nitrogen and oxygen atoms in total. The van der Waals surface area contributed by atoms with E-state index in [4.69, 9.17) is 5.73 Å². The number of alkyl halides is 7. The van der Waals surface area contributed by atoms with Crippen LogP contribution in [0.5, 0.6) is 5.75 Å². The number of pyridine rings is 1. The van der Waals surface area contributed by atoms with Crippen molar-refractivity contribution in [1.29, 1.82) is 0 Å². The zero-order valence-corrected chi connectivity index (χ0v) is 17.0. The van der Waals surface area contributed by atoms with E-state index in [0.29, 0.717) is 6.07 Å². The minimum atomic E-state index is -5.00. The number of halogens is 7. The first-order valence-electron chi connectivity index (χ1n) is 9.39. The number of carbonyl (C=O) groups is 1. The van der Waals surface area contributed by atoms with Crippen LogP contribution in [0, 0.1) is 0 Å². The van der Waals surface area contributed by atoms with E-state index in [1.54, 1.807) is 0 Å². The maximum absolute atomic E-state index is 13.5. The number of fused-ring (bicyclic) bond motifs is 1. The molecule has 0 bridgehead atoms. The molecule has 4 N–H and O–H groups in total. The van der Waals surface area contributed by atoms with Crippen LogP contribution < -0.4 is 21.1 Å². The number of amides is 1. The van der Waals surface area contributed by atoms with Gasteiger partial charge in [0.05, 0.1) is 17.6 Å². The number of anilines is 1. The van der Waals surface area contributed by atoms with Gasteiger partial charge in [-0.3, -0.25) is 4.79 Å². The van der Waals surface area contributed by atoms with E-state index in [-0.39, 0.29) is 24.0 Å². The lowest BCUT2D eigenvalue weighted by atomic mass is 10.1. The van der Waals surface area contributed by atoms with E-state index in [0.717, 1.165) is 12.1 Å². The molecule has 2 rings (SSSR count). The molecule has 1 heterocycles. The maximum Gasteiger partial charge on any atom is 0.418 e. The van der Waals surface area contributed by atoms with Crippen LogP contribution in [0.2, 0.25) is 0 Å². The van der Waals surface area contributed by atoms with Crippen molar-refractivity contribution in [1.82, 2.24) is 15.6 Å².